The minimum atomic E-state index is -0.482. The highest BCUT2D eigenvalue weighted by molar-refractivity contribution is 5.87. The third kappa shape index (κ3) is 3.29. The SMILES string of the molecule is Cc1noc(COC(=O)c2cc(C3CCCCC3)[nH]n2)n1. The van der Waals surface area contributed by atoms with Crippen molar-refractivity contribution in [1.29, 1.82) is 0 Å². The molecular formula is C14H18N4O3. The number of hydrogen-bond donors (Lipinski definition) is 1. The van der Waals surface area contributed by atoms with Crippen LogP contribution in [-0.4, -0.2) is 26.3 Å². The summed E-state index contributed by atoms with van der Waals surface area (Å²) in [6.45, 7) is 1.67. The van der Waals surface area contributed by atoms with Gasteiger partial charge in [0.05, 0.1) is 0 Å². The van der Waals surface area contributed by atoms with E-state index in [2.05, 4.69) is 20.3 Å². The Morgan fingerprint density at radius 2 is 2.24 bits per heavy atom. The summed E-state index contributed by atoms with van der Waals surface area (Å²) in [7, 11) is 0. The number of hydrogen-bond acceptors (Lipinski definition) is 6. The molecule has 2 aromatic rings. The molecule has 0 atom stereocenters. The van der Waals surface area contributed by atoms with Crippen molar-refractivity contribution < 1.29 is 14.1 Å². The van der Waals surface area contributed by atoms with Gasteiger partial charge in [-0.25, -0.2) is 4.79 Å². The largest absolute Gasteiger partial charge is 0.451 e. The first kappa shape index (κ1) is 13.8. The van der Waals surface area contributed by atoms with Crippen molar-refractivity contribution in [2.24, 2.45) is 0 Å². The third-order valence-corrected chi connectivity index (χ3v) is 3.75. The molecule has 0 aliphatic heterocycles. The van der Waals surface area contributed by atoms with Crippen LogP contribution in [0.3, 0.4) is 0 Å². The normalized spacial score (nSPS) is 16.0. The van der Waals surface area contributed by atoms with Crippen LogP contribution in [0.2, 0.25) is 0 Å². The Labute approximate surface area is 122 Å². The van der Waals surface area contributed by atoms with E-state index in [1.54, 1.807) is 13.0 Å². The van der Waals surface area contributed by atoms with Crippen LogP contribution in [0.1, 0.15) is 65.9 Å². The number of H-pyrrole nitrogens is 1. The number of carbonyl (C=O) groups excluding carboxylic acids is 1. The Bertz CT molecular complexity index is 613. The molecule has 21 heavy (non-hydrogen) atoms. The lowest BCUT2D eigenvalue weighted by atomic mass is 9.87. The van der Waals surface area contributed by atoms with E-state index in [-0.39, 0.29) is 12.5 Å². The monoisotopic (exact) mass is 290 g/mol. The fraction of sp³-hybridized carbons (Fsp3) is 0.571. The van der Waals surface area contributed by atoms with Gasteiger partial charge in [-0.2, -0.15) is 10.1 Å². The first-order chi connectivity index (χ1) is 10.2. The molecule has 1 aliphatic carbocycles. The maximum absolute atomic E-state index is 11.9. The van der Waals surface area contributed by atoms with Crippen LogP contribution >= 0.6 is 0 Å². The van der Waals surface area contributed by atoms with E-state index in [0.29, 0.717) is 17.4 Å². The maximum atomic E-state index is 11.9. The van der Waals surface area contributed by atoms with Crippen LogP contribution in [0.5, 0.6) is 0 Å². The lowest BCUT2D eigenvalue weighted by Gasteiger charge is -2.19. The van der Waals surface area contributed by atoms with E-state index in [4.69, 9.17) is 9.26 Å². The number of esters is 1. The first-order valence-electron chi connectivity index (χ1n) is 7.24. The summed E-state index contributed by atoms with van der Waals surface area (Å²) in [5.74, 6) is 0.792. The summed E-state index contributed by atoms with van der Waals surface area (Å²) in [4.78, 5) is 15.9. The molecule has 1 N–H and O–H groups in total. The van der Waals surface area contributed by atoms with E-state index < -0.39 is 5.97 Å². The minimum absolute atomic E-state index is 0.0364. The molecule has 0 spiro atoms. The topological polar surface area (TPSA) is 93.9 Å². The second-order valence-electron chi connectivity index (χ2n) is 5.35. The Balaban J connectivity index is 1.58. The molecule has 3 rings (SSSR count). The minimum Gasteiger partial charge on any atom is -0.451 e. The van der Waals surface area contributed by atoms with Crippen molar-refractivity contribution in [1.82, 2.24) is 20.3 Å². The number of nitrogens with zero attached hydrogens (tertiary/aromatic N) is 3. The number of nitrogens with one attached hydrogen (secondary N) is 1. The van der Waals surface area contributed by atoms with Gasteiger partial charge in [-0.1, -0.05) is 24.4 Å². The van der Waals surface area contributed by atoms with E-state index in [0.717, 1.165) is 18.5 Å². The number of carbonyl (C=O) groups is 1. The molecule has 0 radical (unpaired) electrons. The van der Waals surface area contributed by atoms with E-state index in [1.807, 2.05) is 0 Å². The molecule has 112 valence electrons. The number of aromatic amines is 1. The fourth-order valence-corrected chi connectivity index (χ4v) is 2.66. The standard InChI is InChI=1S/C14H18N4O3/c1-9-15-13(21-18-9)8-20-14(19)12-7-11(16-17-12)10-5-3-2-4-6-10/h7,10H,2-6,8H2,1H3,(H,16,17). The van der Waals surface area contributed by atoms with E-state index >= 15 is 0 Å². The fourth-order valence-electron chi connectivity index (χ4n) is 2.66. The van der Waals surface area contributed by atoms with Crippen LogP contribution in [0, 0.1) is 6.92 Å². The number of ether oxygens (including phenoxy) is 1. The molecule has 0 amide bonds. The Hall–Kier alpha value is -2.18. The van der Waals surface area contributed by atoms with Crippen molar-refractivity contribution in [2.45, 2.75) is 51.6 Å². The van der Waals surface area contributed by atoms with Crippen molar-refractivity contribution >= 4 is 5.97 Å². The van der Waals surface area contributed by atoms with Gasteiger partial charge in [-0.3, -0.25) is 5.10 Å². The van der Waals surface area contributed by atoms with Crippen molar-refractivity contribution in [2.75, 3.05) is 0 Å². The highest BCUT2D eigenvalue weighted by Crippen LogP contribution is 2.31. The van der Waals surface area contributed by atoms with Gasteiger partial charge in [0, 0.05) is 11.6 Å². The molecule has 0 aromatic carbocycles. The number of aromatic nitrogens is 4. The summed E-state index contributed by atoms with van der Waals surface area (Å²) in [6.07, 6.45) is 6.07. The van der Waals surface area contributed by atoms with Crippen LogP contribution in [-0.2, 0) is 11.3 Å². The summed E-state index contributed by atoms with van der Waals surface area (Å²) in [6, 6.07) is 1.79. The molecule has 2 heterocycles. The van der Waals surface area contributed by atoms with Gasteiger partial charge in [-0.15, -0.1) is 0 Å². The third-order valence-electron chi connectivity index (χ3n) is 3.75. The second-order valence-corrected chi connectivity index (χ2v) is 5.35. The summed E-state index contributed by atoms with van der Waals surface area (Å²) in [5.41, 5.74) is 1.32. The Kier molecular flexibility index (Phi) is 3.98. The van der Waals surface area contributed by atoms with Crippen molar-refractivity contribution in [3.05, 3.63) is 29.2 Å². The quantitative estimate of drug-likeness (QED) is 0.869. The molecular weight excluding hydrogens is 272 g/mol. The maximum Gasteiger partial charge on any atom is 0.359 e. The van der Waals surface area contributed by atoms with Crippen molar-refractivity contribution in [3.63, 3.8) is 0 Å². The van der Waals surface area contributed by atoms with Crippen molar-refractivity contribution in [3.8, 4) is 0 Å². The zero-order valence-electron chi connectivity index (χ0n) is 12.0. The molecule has 0 unspecified atom stereocenters. The molecule has 0 bridgehead atoms. The van der Waals surface area contributed by atoms with E-state index in [1.165, 1.54) is 19.3 Å². The predicted molar refractivity (Wildman–Crippen MR) is 72.6 cm³/mol. The molecule has 2 aromatic heterocycles. The van der Waals surface area contributed by atoms with Gasteiger partial charge in [0.15, 0.2) is 18.1 Å². The second kappa shape index (κ2) is 6.07. The summed E-state index contributed by atoms with van der Waals surface area (Å²) >= 11 is 0. The highest BCUT2D eigenvalue weighted by Gasteiger charge is 2.20. The lowest BCUT2D eigenvalue weighted by Crippen LogP contribution is -2.06. The average molecular weight is 290 g/mol. The van der Waals surface area contributed by atoms with Crippen LogP contribution < -0.4 is 0 Å². The Morgan fingerprint density at radius 3 is 2.95 bits per heavy atom. The first-order valence-corrected chi connectivity index (χ1v) is 7.24. The lowest BCUT2D eigenvalue weighted by molar-refractivity contribution is 0.0423. The molecule has 1 saturated carbocycles. The molecule has 7 heteroatoms. The molecule has 1 aliphatic rings. The average Bonchev–Trinajstić information content (AvgIpc) is 3.15. The summed E-state index contributed by atoms with van der Waals surface area (Å²) < 4.78 is 9.99. The van der Waals surface area contributed by atoms with Gasteiger partial charge in [-0.05, 0) is 25.8 Å². The number of aryl methyl sites for hydroxylation is 1. The van der Waals surface area contributed by atoms with Crippen LogP contribution in [0.25, 0.3) is 0 Å². The zero-order valence-corrected chi connectivity index (χ0v) is 12.0. The van der Waals surface area contributed by atoms with E-state index in [9.17, 15) is 4.79 Å². The predicted octanol–water partition coefficient (Wildman–Crippen LogP) is 2.51. The van der Waals surface area contributed by atoms with Gasteiger partial charge in [0.25, 0.3) is 5.89 Å². The van der Waals surface area contributed by atoms with Gasteiger partial charge in [0.2, 0.25) is 0 Å². The van der Waals surface area contributed by atoms with Crippen LogP contribution in [0.15, 0.2) is 10.6 Å². The van der Waals surface area contributed by atoms with Gasteiger partial charge >= 0.3 is 5.97 Å². The molecule has 0 saturated heterocycles. The molecule has 1 fully saturated rings. The smallest absolute Gasteiger partial charge is 0.359 e. The number of rotatable bonds is 4. The Morgan fingerprint density at radius 1 is 1.43 bits per heavy atom. The van der Waals surface area contributed by atoms with Gasteiger partial charge in [0.1, 0.15) is 0 Å². The summed E-state index contributed by atoms with van der Waals surface area (Å²) in [5, 5.41) is 10.6. The zero-order chi connectivity index (χ0) is 14.7. The van der Waals surface area contributed by atoms with Crippen LogP contribution in [0.4, 0.5) is 0 Å². The van der Waals surface area contributed by atoms with Gasteiger partial charge < -0.3 is 9.26 Å². The highest BCUT2D eigenvalue weighted by atomic mass is 16.6. The molecule has 7 nitrogen and oxygen atoms in total.